The topological polar surface area (TPSA) is 48.1 Å². The first-order chi connectivity index (χ1) is 10.2. The zero-order chi connectivity index (χ0) is 14.8. The van der Waals surface area contributed by atoms with Crippen LogP contribution in [0.25, 0.3) is 10.8 Å². The Bertz CT molecular complexity index is 783. The Hall–Kier alpha value is -1.91. The lowest BCUT2D eigenvalue weighted by molar-refractivity contribution is 0.412. The van der Waals surface area contributed by atoms with Crippen LogP contribution >= 0.6 is 15.9 Å². The third-order valence-electron chi connectivity index (χ3n) is 3.58. The summed E-state index contributed by atoms with van der Waals surface area (Å²) in [7, 11) is 1.65. The van der Waals surface area contributed by atoms with Gasteiger partial charge in [0.25, 0.3) is 0 Å². The van der Waals surface area contributed by atoms with Crippen molar-refractivity contribution in [2.24, 2.45) is 5.73 Å². The molecule has 0 aliphatic heterocycles. The number of nitrogens with zero attached hydrogens (tertiary/aromatic N) is 1. The van der Waals surface area contributed by atoms with Gasteiger partial charge < -0.3 is 10.5 Å². The summed E-state index contributed by atoms with van der Waals surface area (Å²) >= 11 is 3.51. The number of hydrogen-bond acceptors (Lipinski definition) is 3. The SMILES string of the molecule is COc1ccc(C(N)c2cccc3cnccc23)cc1Br. The summed E-state index contributed by atoms with van der Waals surface area (Å²) in [6.45, 7) is 0. The van der Waals surface area contributed by atoms with Gasteiger partial charge in [0.2, 0.25) is 0 Å². The second-order valence-electron chi connectivity index (χ2n) is 4.82. The van der Waals surface area contributed by atoms with Gasteiger partial charge in [0.1, 0.15) is 5.75 Å². The second kappa shape index (κ2) is 5.84. The van der Waals surface area contributed by atoms with Gasteiger partial charge in [-0.05, 0) is 50.6 Å². The monoisotopic (exact) mass is 342 g/mol. The van der Waals surface area contributed by atoms with E-state index in [1.807, 2.05) is 42.6 Å². The van der Waals surface area contributed by atoms with Crippen LogP contribution in [0.5, 0.6) is 5.75 Å². The fourth-order valence-corrected chi connectivity index (χ4v) is 3.03. The molecule has 0 fully saturated rings. The minimum Gasteiger partial charge on any atom is -0.496 e. The predicted molar refractivity (Wildman–Crippen MR) is 88.5 cm³/mol. The molecule has 0 spiro atoms. The highest BCUT2D eigenvalue weighted by molar-refractivity contribution is 9.10. The summed E-state index contributed by atoms with van der Waals surface area (Å²) in [4.78, 5) is 4.16. The van der Waals surface area contributed by atoms with Gasteiger partial charge in [0, 0.05) is 17.8 Å². The molecule has 2 N–H and O–H groups in total. The lowest BCUT2D eigenvalue weighted by Crippen LogP contribution is -2.12. The number of fused-ring (bicyclic) bond motifs is 1. The maximum Gasteiger partial charge on any atom is 0.133 e. The first-order valence-corrected chi connectivity index (χ1v) is 7.41. The molecule has 106 valence electrons. The largest absolute Gasteiger partial charge is 0.496 e. The maximum atomic E-state index is 6.46. The number of benzene rings is 2. The third kappa shape index (κ3) is 2.64. The van der Waals surface area contributed by atoms with Crippen molar-refractivity contribution < 1.29 is 4.74 Å². The molecule has 4 heteroatoms. The van der Waals surface area contributed by atoms with Crippen molar-refractivity contribution in [1.29, 1.82) is 0 Å². The van der Waals surface area contributed by atoms with Gasteiger partial charge in [-0.25, -0.2) is 0 Å². The summed E-state index contributed by atoms with van der Waals surface area (Å²) in [5, 5.41) is 2.23. The van der Waals surface area contributed by atoms with Gasteiger partial charge >= 0.3 is 0 Å². The van der Waals surface area contributed by atoms with Gasteiger partial charge in [-0.2, -0.15) is 0 Å². The first-order valence-electron chi connectivity index (χ1n) is 6.62. The average molecular weight is 343 g/mol. The molecule has 21 heavy (non-hydrogen) atoms. The molecule has 3 nitrogen and oxygen atoms in total. The van der Waals surface area contributed by atoms with Crippen molar-refractivity contribution in [1.82, 2.24) is 4.98 Å². The Kier molecular flexibility index (Phi) is 3.90. The number of methoxy groups -OCH3 is 1. The predicted octanol–water partition coefficient (Wildman–Crippen LogP) is 4.05. The maximum absolute atomic E-state index is 6.46. The van der Waals surface area contributed by atoms with E-state index in [4.69, 9.17) is 10.5 Å². The lowest BCUT2D eigenvalue weighted by Gasteiger charge is -2.16. The molecule has 3 aromatic rings. The molecule has 1 unspecified atom stereocenters. The zero-order valence-electron chi connectivity index (χ0n) is 11.6. The van der Waals surface area contributed by atoms with E-state index < -0.39 is 0 Å². The number of pyridine rings is 1. The summed E-state index contributed by atoms with van der Waals surface area (Å²) in [5.41, 5.74) is 8.58. The summed E-state index contributed by atoms with van der Waals surface area (Å²) < 4.78 is 6.16. The number of halogens is 1. The van der Waals surface area contributed by atoms with Crippen LogP contribution < -0.4 is 10.5 Å². The molecule has 1 atom stereocenters. The zero-order valence-corrected chi connectivity index (χ0v) is 13.2. The van der Waals surface area contributed by atoms with Gasteiger partial charge in [-0.3, -0.25) is 4.98 Å². The van der Waals surface area contributed by atoms with Crippen LogP contribution in [0.1, 0.15) is 17.2 Å². The van der Waals surface area contributed by atoms with E-state index in [2.05, 4.69) is 27.0 Å². The average Bonchev–Trinajstić information content (AvgIpc) is 2.53. The molecule has 1 heterocycles. The first kappa shape index (κ1) is 14.0. The van der Waals surface area contributed by atoms with Crippen molar-refractivity contribution in [3.05, 3.63) is 70.5 Å². The van der Waals surface area contributed by atoms with E-state index in [1.165, 1.54) is 0 Å². The van der Waals surface area contributed by atoms with Gasteiger partial charge in [0.15, 0.2) is 0 Å². The van der Waals surface area contributed by atoms with Crippen LogP contribution in [0.15, 0.2) is 59.3 Å². The number of ether oxygens (including phenoxy) is 1. The lowest BCUT2D eigenvalue weighted by atomic mass is 9.95. The Morgan fingerprint density at radius 3 is 2.81 bits per heavy atom. The molecule has 3 rings (SSSR count). The van der Waals surface area contributed by atoms with Crippen LogP contribution in [0, 0.1) is 0 Å². The molecule has 0 aliphatic rings. The van der Waals surface area contributed by atoms with E-state index in [9.17, 15) is 0 Å². The van der Waals surface area contributed by atoms with Crippen molar-refractivity contribution in [2.45, 2.75) is 6.04 Å². The van der Waals surface area contributed by atoms with E-state index in [0.29, 0.717) is 0 Å². The molecule has 0 bridgehead atoms. The molecule has 0 aliphatic carbocycles. The summed E-state index contributed by atoms with van der Waals surface area (Å²) in [5.74, 6) is 0.799. The van der Waals surface area contributed by atoms with Crippen LogP contribution in [0.4, 0.5) is 0 Å². The van der Waals surface area contributed by atoms with E-state index in [0.717, 1.165) is 32.1 Å². The van der Waals surface area contributed by atoms with E-state index >= 15 is 0 Å². The van der Waals surface area contributed by atoms with Gasteiger partial charge in [-0.1, -0.05) is 24.3 Å². The van der Waals surface area contributed by atoms with Gasteiger partial charge in [0.05, 0.1) is 17.6 Å². The molecule has 1 aromatic heterocycles. The van der Waals surface area contributed by atoms with Gasteiger partial charge in [-0.15, -0.1) is 0 Å². The Balaban J connectivity index is 2.08. The highest BCUT2D eigenvalue weighted by Crippen LogP contribution is 2.31. The Morgan fingerprint density at radius 2 is 2.05 bits per heavy atom. The molecular weight excluding hydrogens is 328 g/mol. The van der Waals surface area contributed by atoms with Crippen molar-refractivity contribution in [3.63, 3.8) is 0 Å². The molecule has 0 saturated heterocycles. The Morgan fingerprint density at radius 1 is 1.19 bits per heavy atom. The molecule has 0 radical (unpaired) electrons. The molecule has 0 amide bonds. The highest BCUT2D eigenvalue weighted by Gasteiger charge is 2.13. The smallest absolute Gasteiger partial charge is 0.133 e. The number of nitrogens with two attached hydrogens (primary N) is 1. The van der Waals surface area contributed by atoms with Crippen LogP contribution in [0.3, 0.4) is 0 Å². The molecular formula is C17H15BrN2O. The van der Waals surface area contributed by atoms with Crippen LogP contribution in [0.2, 0.25) is 0 Å². The molecule has 2 aromatic carbocycles. The third-order valence-corrected chi connectivity index (χ3v) is 4.20. The highest BCUT2D eigenvalue weighted by atomic mass is 79.9. The van der Waals surface area contributed by atoms with Crippen molar-refractivity contribution in [2.75, 3.05) is 7.11 Å². The normalized spacial score (nSPS) is 12.3. The van der Waals surface area contributed by atoms with Crippen molar-refractivity contribution in [3.8, 4) is 5.75 Å². The number of rotatable bonds is 3. The number of aromatic nitrogens is 1. The summed E-state index contributed by atoms with van der Waals surface area (Å²) in [6.07, 6.45) is 3.65. The van der Waals surface area contributed by atoms with Crippen LogP contribution in [-0.2, 0) is 0 Å². The molecule has 0 saturated carbocycles. The standard InChI is InChI=1S/C17H15BrN2O/c1-21-16-6-5-11(9-15(16)18)17(19)14-4-2-3-12-10-20-8-7-13(12)14/h2-10,17H,19H2,1H3. The van der Waals surface area contributed by atoms with E-state index in [1.54, 1.807) is 13.3 Å². The fraction of sp³-hybridized carbons (Fsp3) is 0.118. The minimum absolute atomic E-state index is 0.196. The Labute approximate surface area is 131 Å². The minimum atomic E-state index is -0.196. The van der Waals surface area contributed by atoms with Crippen molar-refractivity contribution >= 4 is 26.7 Å². The summed E-state index contributed by atoms with van der Waals surface area (Å²) in [6, 6.07) is 13.8. The second-order valence-corrected chi connectivity index (χ2v) is 5.67. The fourth-order valence-electron chi connectivity index (χ4n) is 2.47. The quantitative estimate of drug-likeness (QED) is 0.780. The van der Waals surface area contributed by atoms with Crippen LogP contribution in [-0.4, -0.2) is 12.1 Å². The number of hydrogen-bond donors (Lipinski definition) is 1. The van der Waals surface area contributed by atoms with E-state index in [-0.39, 0.29) is 6.04 Å².